The van der Waals surface area contributed by atoms with Gasteiger partial charge in [-0.05, 0) is 12.8 Å². The van der Waals surface area contributed by atoms with Crippen molar-refractivity contribution in [1.29, 1.82) is 0 Å². The van der Waals surface area contributed by atoms with Crippen LogP contribution in [0.25, 0.3) is 0 Å². The molecule has 2 nitrogen and oxygen atoms in total. The summed E-state index contributed by atoms with van der Waals surface area (Å²) in [4.78, 5) is 11.5. The summed E-state index contributed by atoms with van der Waals surface area (Å²) in [6, 6.07) is 0. The van der Waals surface area contributed by atoms with Crippen molar-refractivity contribution in [3.63, 3.8) is 0 Å². The lowest BCUT2D eigenvalue weighted by molar-refractivity contribution is -0.142. The maximum Gasteiger partial charge on any atom is 0.306 e. The van der Waals surface area contributed by atoms with Gasteiger partial charge in [0.1, 0.15) is 0 Å². The van der Waals surface area contributed by atoms with Gasteiger partial charge in [0.25, 0.3) is 0 Å². The average molecular weight is 453 g/mol. The fourth-order valence-electron chi connectivity index (χ4n) is 4.85. The van der Waals surface area contributed by atoms with Gasteiger partial charge >= 0.3 is 5.97 Å². The van der Waals surface area contributed by atoms with Crippen LogP contribution in [0.15, 0.2) is 0 Å². The van der Waals surface area contributed by atoms with Gasteiger partial charge in [0.2, 0.25) is 0 Å². The Hall–Kier alpha value is -0.530. The number of rotatable bonds is 27. The maximum atomic E-state index is 11.5. The highest BCUT2D eigenvalue weighted by molar-refractivity contribution is 5.69. The summed E-state index contributed by atoms with van der Waals surface area (Å²) >= 11 is 0. The van der Waals surface area contributed by atoms with Crippen molar-refractivity contribution < 1.29 is 9.90 Å². The van der Waals surface area contributed by atoms with E-state index in [9.17, 15) is 9.90 Å². The van der Waals surface area contributed by atoms with Crippen LogP contribution in [-0.2, 0) is 4.79 Å². The zero-order chi connectivity index (χ0) is 23.5. The summed E-state index contributed by atoms with van der Waals surface area (Å²) in [6.45, 7) is 4.52. The first-order chi connectivity index (χ1) is 15.7. The third-order valence-electron chi connectivity index (χ3n) is 7.16. The smallest absolute Gasteiger partial charge is 0.306 e. The van der Waals surface area contributed by atoms with Crippen molar-refractivity contribution in [2.45, 2.75) is 181 Å². The Labute approximate surface area is 202 Å². The van der Waals surface area contributed by atoms with E-state index >= 15 is 0 Å². The SMILES string of the molecule is CCCCCCCCCCCCCCCCCCCCC(CCCCCCCC)C(=O)O. The number of carbonyl (C=O) groups is 1. The van der Waals surface area contributed by atoms with E-state index < -0.39 is 5.97 Å². The highest BCUT2D eigenvalue weighted by Gasteiger charge is 2.16. The van der Waals surface area contributed by atoms with E-state index in [-0.39, 0.29) is 5.92 Å². The molecule has 0 radical (unpaired) electrons. The van der Waals surface area contributed by atoms with Crippen LogP contribution in [0.1, 0.15) is 181 Å². The first-order valence-corrected chi connectivity index (χ1v) is 14.9. The van der Waals surface area contributed by atoms with Crippen LogP contribution in [0.5, 0.6) is 0 Å². The summed E-state index contributed by atoms with van der Waals surface area (Å²) < 4.78 is 0. The molecular weight excluding hydrogens is 392 g/mol. The van der Waals surface area contributed by atoms with Crippen LogP contribution >= 0.6 is 0 Å². The third kappa shape index (κ3) is 24.1. The molecule has 0 aromatic rings. The summed E-state index contributed by atoms with van der Waals surface area (Å²) in [5.74, 6) is -0.659. The highest BCUT2D eigenvalue weighted by Crippen LogP contribution is 2.20. The summed E-state index contributed by atoms with van der Waals surface area (Å²) in [5, 5.41) is 9.46. The fraction of sp³-hybridized carbons (Fsp3) is 0.967. The van der Waals surface area contributed by atoms with E-state index in [2.05, 4.69) is 13.8 Å². The molecule has 0 heterocycles. The van der Waals surface area contributed by atoms with E-state index in [0.29, 0.717) is 0 Å². The Morgan fingerprint density at radius 1 is 0.438 bits per heavy atom. The number of hydrogen-bond acceptors (Lipinski definition) is 1. The first-order valence-electron chi connectivity index (χ1n) is 14.9. The highest BCUT2D eigenvalue weighted by atomic mass is 16.4. The van der Waals surface area contributed by atoms with Gasteiger partial charge in [0.15, 0.2) is 0 Å². The number of carboxylic acids is 1. The predicted octanol–water partition coefficient (Wildman–Crippen LogP) is 10.9. The molecule has 1 unspecified atom stereocenters. The molecule has 32 heavy (non-hydrogen) atoms. The van der Waals surface area contributed by atoms with Crippen LogP contribution < -0.4 is 0 Å². The Morgan fingerprint density at radius 2 is 0.656 bits per heavy atom. The minimum absolute atomic E-state index is 0.0952. The van der Waals surface area contributed by atoms with E-state index in [0.717, 1.165) is 25.7 Å². The third-order valence-corrected chi connectivity index (χ3v) is 7.16. The van der Waals surface area contributed by atoms with Gasteiger partial charge in [-0.1, -0.05) is 168 Å². The Balaban J connectivity index is 3.31. The van der Waals surface area contributed by atoms with Crippen LogP contribution in [0.3, 0.4) is 0 Å². The van der Waals surface area contributed by atoms with Crippen molar-refractivity contribution >= 4 is 5.97 Å². The van der Waals surface area contributed by atoms with Gasteiger partial charge in [0.05, 0.1) is 5.92 Å². The Morgan fingerprint density at radius 3 is 0.875 bits per heavy atom. The zero-order valence-corrected chi connectivity index (χ0v) is 22.3. The van der Waals surface area contributed by atoms with Crippen molar-refractivity contribution in [3.05, 3.63) is 0 Å². The van der Waals surface area contributed by atoms with Gasteiger partial charge in [-0.3, -0.25) is 4.79 Å². The average Bonchev–Trinajstić information content (AvgIpc) is 2.78. The van der Waals surface area contributed by atoms with Crippen molar-refractivity contribution in [1.82, 2.24) is 0 Å². The predicted molar refractivity (Wildman–Crippen MR) is 143 cm³/mol. The molecule has 0 aliphatic heterocycles. The normalized spacial score (nSPS) is 12.3. The second kappa shape index (κ2) is 26.7. The Bertz CT molecular complexity index is 366. The van der Waals surface area contributed by atoms with Crippen molar-refractivity contribution in [3.8, 4) is 0 Å². The molecule has 0 saturated carbocycles. The number of hydrogen-bond donors (Lipinski definition) is 1. The molecule has 1 N–H and O–H groups in total. The lowest BCUT2D eigenvalue weighted by Crippen LogP contribution is -2.13. The summed E-state index contributed by atoms with van der Waals surface area (Å²) in [7, 11) is 0. The van der Waals surface area contributed by atoms with Crippen molar-refractivity contribution in [2.24, 2.45) is 5.92 Å². The monoisotopic (exact) mass is 452 g/mol. The lowest BCUT2D eigenvalue weighted by Gasteiger charge is -2.12. The molecule has 0 fully saturated rings. The topological polar surface area (TPSA) is 37.3 Å². The minimum atomic E-state index is -0.564. The fourth-order valence-corrected chi connectivity index (χ4v) is 4.85. The molecule has 1 atom stereocenters. The molecule has 0 amide bonds. The van der Waals surface area contributed by atoms with Crippen molar-refractivity contribution in [2.75, 3.05) is 0 Å². The van der Waals surface area contributed by atoms with Gasteiger partial charge < -0.3 is 5.11 Å². The van der Waals surface area contributed by atoms with E-state index in [4.69, 9.17) is 0 Å². The van der Waals surface area contributed by atoms with Gasteiger partial charge in [-0.2, -0.15) is 0 Å². The molecule has 0 rings (SSSR count). The molecular formula is C30H60O2. The second-order valence-corrected chi connectivity index (χ2v) is 10.4. The van der Waals surface area contributed by atoms with Gasteiger partial charge in [-0.25, -0.2) is 0 Å². The molecule has 0 aromatic heterocycles. The lowest BCUT2D eigenvalue weighted by atomic mass is 9.94. The summed E-state index contributed by atoms with van der Waals surface area (Å²) in [6.07, 6.45) is 34.2. The molecule has 2 heteroatoms. The van der Waals surface area contributed by atoms with Gasteiger partial charge in [-0.15, -0.1) is 0 Å². The molecule has 0 aromatic carbocycles. The van der Waals surface area contributed by atoms with Gasteiger partial charge in [0, 0.05) is 0 Å². The molecule has 0 aliphatic carbocycles. The molecule has 192 valence electrons. The molecule has 0 aliphatic rings. The minimum Gasteiger partial charge on any atom is -0.481 e. The summed E-state index contributed by atoms with van der Waals surface area (Å²) in [5.41, 5.74) is 0. The molecule has 0 saturated heterocycles. The van der Waals surface area contributed by atoms with E-state index in [1.54, 1.807) is 0 Å². The number of unbranched alkanes of at least 4 members (excludes halogenated alkanes) is 22. The second-order valence-electron chi connectivity index (χ2n) is 10.4. The zero-order valence-electron chi connectivity index (χ0n) is 22.3. The number of aliphatic carboxylic acids is 1. The standard InChI is InChI=1S/C30H60O2/c1-3-5-7-9-11-12-13-14-15-16-17-18-19-20-21-22-24-26-28-29(30(31)32)27-25-23-10-8-6-4-2/h29H,3-28H2,1-2H3,(H,31,32). The molecule has 0 spiro atoms. The number of carboxylic acid groups (broad SMARTS) is 1. The Kier molecular flexibility index (Phi) is 26.3. The van der Waals surface area contributed by atoms with E-state index in [1.807, 2.05) is 0 Å². The van der Waals surface area contributed by atoms with E-state index in [1.165, 1.54) is 141 Å². The quantitative estimate of drug-likeness (QED) is 0.126. The maximum absolute atomic E-state index is 11.5. The largest absolute Gasteiger partial charge is 0.481 e. The van der Waals surface area contributed by atoms with Crippen LogP contribution in [-0.4, -0.2) is 11.1 Å². The van der Waals surface area contributed by atoms with Crippen LogP contribution in [0, 0.1) is 5.92 Å². The van der Waals surface area contributed by atoms with Crippen LogP contribution in [0.2, 0.25) is 0 Å². The van der Waals surface area contributed by atoms with Crippen LogP contribution in [0.4, 0.5) is 0 Å². The first kappa shape index (κ1) is 31.5. The molecule has 0 bridgehead atoms.